The Labute approximate surface area is 157 Å². The van der Waals surface area contributed by atoms with Gasteiger partial charge >= 0.3 is 0 Å². The first kappa shape index (κ1) is 17.1. The SMILES string of the molecule is C[C@@H](c1nc2ccccc2c(=O)[nH]1)N1CCN(c2ccccc2Cl)CC1. The van der Waals surface area contributed by atoms with Gasteiger partial charge < -0.3 is 9.88 Å². The molecule has 1 atom stereocenters. The van der Waals surface area contributed by atoms with Gasteiger partial charge in [0.1, 0.15) is 5.82 Å². The highest BCUT2D eigenvalue weighted by atomic mass is 35.5. The van der Waals surface area contributed by atoms with Crippen molar-refractivity contribution in [1.82, 2.24) is 14.9 Å². The van der Waals surface area contributed by atoms with Crippen LogP contribution in [0.25, 0.3) is 10.9 Å². The molecule has 134 valence electrons. The van der Waals surface area contributed by atoms with Crippen LogP contribution in [0.15, 0.2) is 53.3 Å². The summed E-state index contributed by atoms with van der Waals surface area (Å²) in [5, 5.41) is 1.42. The highest BCUT2D eigenvalue weighted by Gasteiger charge is 2.24. The van der Waals surface area contributed by atoms with E-state index >= 15 is 0 Å². The molecule has 1 saturated heterocycles. The first-order valence-electron chi connectivity index (χ1n) is 8.86. The van der Waals surface area contributed by atoms with Crippen LogP contribution in [0.4, 0.5) is 5.69 Å². The lowest BCUT2D eigenvalue weighted by atomic mass is 10.2. The molecule has 2 heterocycles. The van der Waals surface area contributed by atoms with Gasteiger partial charge in [-0.25, -0.2) is 4.98 Å². The molecule has 0 radical (unpaired) electrons. The molecule has 1 fully saturated rings. The summed E-state index contributed by atoms with van der Waals surface area (Å²) in [6.45, 7) is 5.67. The maximum atomic E-state index is 12.3. The lowest BCUT2D eigenvalue weighted by Crippen LogP contribution is -2.47. The van der Waals surface area contributed by atoms with Gasteiger partial charge in [-0.05, 0) is 31.2 Å². The number of hydrogen-bond donors (Lipinski definition) is 1. The Balaban J connectivity index is 1.51. The van der Waals surface area contributed by atoms with Crippen molar-refractivity contribution in [2.45, 2.75) is 13.0 Å². The molecular formula is C20H21ClN4O. The minimum absolute atomic E-state index is 0.0562. The summed E-state index contributed by atoms with van der Waals surface area (Å²) in [4.78, 5) is 24.6. The number of aromatic amines is 1. The second-order valence-electron chi connectivity index (χ2n) is 6.62. The van der Waals surface area contributed by atoms with Gasteiger partial charge in [0, 0.05) is 26.2 Å². The number of rotatable bonds is 3. The first-order valence-corrected chi connectivity index (χ1v) is 9.24. The third-order valence-corrected chi connectivity index (χ3v) is 5.40. The summed E-state index contributed by atoms with van der Waals surface area (Å²) in [6, 6.07) is 15.5. The van der Waals surface area contributed by atoms with Crippen LogP contribution >= 0.6 is 11.6 Å². The van der Waals surface area contributed by atoms with E-state index in [1.807, 2.05) is 36.4 Å². The van der Waals surface area contributed by atoms with E-state index in [1.54, 1.807) is 6.07 Å². The number of halogens is 1. The van der Waals surface area contributed by atoms with Crippen molar-refractivity contribution in [2.24, 2.45) is 0 Å². The Morgan fingerprint density at radius 1 is 1.04 bits per heavy atom. The fraction of sp³-hybridized carbons (Fsp3) is 0.300. The molecule has 0 saturated carbocycles. The molecule has 0 aliphatic carbocycles. The normalized spacial score (nSPS) is 16.8. The number of para-hydroxylation sites is 2. The molecule has 0 amide bonds. The van der Waals surface area contributed by atoms with Crippen LogP contribution in [0.1, 0.15) is 18.8 Å². The van der Waals surface area contributed by atoms with Gasteiger partial charge in [-0.15, -0.1) is 0 Å². The lowest BCUT2D eigenvalue weighted by molar-refractivity contribution is 0.192. The quantitative estimate of drug-likeness (QED) is 0.769. The summed E-state index contributed by atoms with van der Waals surface area (Å²) in [5.41, 5.74) is 1.75. The van der Waals surface area contributed by atoms with Gasteiger partial charge in [-0.2, -0.15) is 0 Å². The van der Waals surface area contributed by atoms with E-state index in [-0.39, 0.29) is 11.6 Å². The average Bonchev–Trinajstić information content (AvgIpc) is 2.68. The number of hydrogen-bond acceptors (Lipinski definition) is 4. The van der Waals surface area contributed by atoms with E-state index < -0.39 is 0 Å². The van der Waals surface area contributed by atoms with Crippen LogP contribution in [-0.2, 0) is 0 Å². The minimum atomic E-state index is -0.0767. The molecule has 2 aromatic carbocycles. The highest BCUT2D eigenvalue weighted by molar-refractivity contribution is 6.33. The third kappa shape index (κ3) is 3.20. The molecule has 4 rings (SSSR count). The summed E-state index contributed by atoms with van der Waals surface area (Å²) in [7, 11) is 0. The predicted molar refractivity (Wildman–Crippen MR) is 106 cm³/mol. The van der Waals surface area contributed by atoms with Gasteiger partial charge in [0.25, 0.3) is 5.56 Å². The molecule has 0 bridgehead atoms. The number of nitrogens with zero attached hydrogens (tertiary/aromatic N) is 3. The van der Waals surface area contributed by atoms with Crippen molar-refractivity contribution in [2.75, 3.05) is 31.1 Å². The van der Waals surface area contributed by atoms with Crippen molar-refractivity contribution in [3.63, 3.8) is 0 Å². The maximum Gasteiger partial charge on any atom is 0.258 e. The number of piperazine rings is 1. The molecule has 1 N–H and O–H groups in total. The third-order valence-electron chi connectivity index (χ3n) is 5.08. The zero-order valence-electron chi connectivity index (χ0n) is 14.7. The number of H-pyrrole nitrogens is 1. The monoisotopic (exact) mass is 368 g/mol. The Bertz CT molecular complexity index is 979. The standard InChI is InChI=1S/C20H21ClN4O/c1-14(19-22-17-8-4-2-6-15(17)20(26)23-19)24-10-12-25(13-11-24)18-9-5-3-7-16(18)21/h2-9,14H,10-13H2,1H3,(H,22,23,26)/t14-/m0/s1. The van der Waals surface area contributed by atoms with Crippen molar-refractivity contribution in [3.8, 4) is 0 Å². The Morgan fingerprint density at radius 2 is 1.73 bits per heavy atom. The van der Waals surface area contributed by atoms with Crippen LogP contribution in [0, 0.1) is 0 Å². The molecular weight excluding hydrogens is 348 g/mol. The maximum absolute atomic E-state index is 12.3. The zero-order valence-corrected chi connectivity index (χ0v) is 15.4. The molecule has 1 aliphatic heterocycles. The predicted octanol–water partition coefficient (Wildman–Crippen LogP) is 3.46. The highest BCUT2D eigenvalue weighted by Crippen LogP contribution is 2.27. The van der Waals surface area contributed by atoms with Crippen LogP contribution in [0.5, 0.6) is 0 Å². The fourth-order valence-electron chi connectivity index (χ4n) is 3.53. The smallest absolute Gasteiger partial charge is 0.258 e. The zero-order chi connectivity index (χ0) is 18.1. The van der Waals surface area contributed by atoms with Crippen molar-refractivity contribution >= 4 is 28.2 Å². The number of nitrogens with one attached hydrogen (secondary N) is 1. The molecule has 0 spiro atoms. The fourth-order valence-corrected chi connectivity index (χ4v) is 3.79. The topological polar surface area (TPSA) is 52.2 Å². The lowest BCUT2D eigenvalue weighted by Gasteiger charge is -2.39. The van der Waals surface area contributed by atoms with E-state index in [1.165, 1.54) is 0 Å². The molecule has 3 aromatic rings. The van der Waals surface area contributed by atoms with Gasteiger partial charge in [-0.3, -0.25) is 9.69 Å². The van der Waals surface area contributed by atoms with Crippen LogP contribution in [-0.4, -0.2) is 41.0 Å². The summed E-state index contributed by atoms with van der Waals surface area (Å²) < 4.78 is 0. The van der Waals surface area contributed by atoms with E-state index in [4.69, 9.17) is 11.6 Å². The van der Waals surface area contributed by atoms with Gasteiger partial charge in [-0.1, -0.05) is 35.9 Å². The van der Waals surface area contributed by atoms with Crippen molar-refractivity contribution in [3.05, 3.63) is 69.7 Å². The van der Waals surface area contributed by atoms with Gasteiger partial charge in [0.15, 0.2) is 0 Å². The number of aromatic nitrogens is 2. The van der Waals surface area contributed by atoms with E-state index in [9.17, 15) is 4.79 Å². The molecule has 6 heteroatoms. The van der Waals surface area contributed by atoms with Crippen LogP contribution < -0.4 is 10.5 Å². The summed E-state index contributed by atoms with van der Waals surface area (Å²) in [6.07, 6.45) is 0. The van der Waals surface area contributed by atoms with E-state index in [2.05, 4.69) is 32.8 Å². The summed E-state index contributed by atoms with van der Waals surface area (Å²) in [5.74, 6) is 0.722. The Kier molecular flexibility index (Phi) is 4.66. The number of anilines is 1. The minimum Gasteiger partial charge on any atom is -0.368 e. The Morgan fingerprint density at radius 3 is 2.50 bits per heavy atom. The second kappa shape index (κ2) is 7.09. The molecule has 0 unspecified atom stereocenters. The van der Waals surface area contributed by atoms with Gasteiger partial charge in [0.05, 0.1) is 27.7 Å². The molecule has 1 aromatic heterocycles. The van der Waals surface area contributed by atoms with Crippen LogP contribution in [0.3, 0.4) is 0 Å². The Hall–Kier alpha value is -2.37. The van der Waals surface area contributed by atoms with E-state index in [0.29, 0.717) is 5.39 Å². The largest absolute Gasteiger partial charge is 0.368 e. The number of benzene rings is 2. The molecule has 26 heavy (non-hydrogen) atoms. The second-order valence-corrected chi connectivity index (χ2v) is 7.03. The molecule has 5 nitrogen and oxygen atoms in total. The van der Waals surface area contributed by atoms with Crippen molar-refractivity contribution < 1.29 is 0 Å². The first-order chi connectivity index (χ1) is 12.6. The number of fused-ring (bicyclic) bond motifs is 1. The summed E-state index contributed by atoms with van der Waals surface area (Å²) >= 11 is 6.32. The van der Waals surface area contributed by atoms with E-state index in [0.717, 1.165) is 48.2 Å². The molecule has 1 aliphatic rings. The van der Waals surface area contributed by atoms with Crippen LogP contribution in [0.2, 0.25) is 5.02 Å². The van der Waals surface area contributed by atoms with Gasteiger partial charge in [0.2, 0.25) is 0 Å². The van der Waals surface area contributed by atoms with Crippen molar-refractivity contribution in [1.29, 1.82) is 0 Å². The average molecular weight is 369 g/mol.